The summed E-state index contributed by atoms with van der Waals surface area (Å²) in [5, 5.41) is 0. The van der Waals surface area contributed by atoms with Crippen LogP contribution in [0.25, 0.3) is 0 Å². The maximum atomic E-state index is 15.2. The number of hydrogen-bond donors (Lipinski definition) is 0. The second-order valence-corrected chi connectivity index (χ2v) is 12.3. The fraction of sp³-hybridized carbons (Fsp3) is 0.636. The Kier molecular flexibility index (Phi) is 9.83. The number of rotatable bonds is 8. The Labute approximate surface area is 234 Å². The number of halogens is 5. The quantitative estimate of drug-likeness (QED) is 0.180. The molecule has 0 radical (unpaired) electrons. The van der Waals surface area contributed by atoms with Crippen molar-refractivity contribution in [2.24, 2.45) is 17.8 Å². The topological polar surface area (TPSA) is 18.5 Å². The van der Waals surface area contributed by atoms with E-state index in [-0.39, 0.29) is 17.4 Å². The third-order valence-electron chi connectivity index (χ3n) is 9.68. The zero-order valence-electron chi connectivity index (χ0n) is 23.4. The van der Waals surface area contributed by atoms with E-state index in [1.165, 1.54) is 63.5 Å². The van der Waals surface area contributed by atoms with Crippen LogP contribution in [0.15, 0.2) is 24.3 Å². The van der Waals surface area contributed by atoms with Crippen molar-refractivity contribution in [3.63, 3.8) is 0 Å². The Hall–Kier alpha value is -1.99. The van der Waals surface area contributed by atoms with Crippen molar-refractivity contribution in [2.45, 2.75) is 102 Å². The van der Waals surface area contributed by atoms with Gasteiger partial charge in [-0.3, -0.25) is 0 Å². The van der Waals surface area contributed by atoms with E-state index in [0.717, 1.165) is 18.1 Å². The van der Waals surface area contributed by atoms with Crippen LogP contribution >= 0.6 is 0 Å². The molecule has 1 heterocycles. The van der Waals surface area contributed by atoms with Gasteiger partial charge in [0.05, 0.1) is 13.2 Å². The molecule has 5 rings (SSSR count). The molecule has 2 saturated carbocycles. The van der Waals surface area contributed by atoms with Gasteiger partial charge < -0.3 is 9.47 Å². The normalized spacial score (nSPS) is 29.4. The molecule has 0 atom stereocenters. The third kappa shape index (κ3) is 6.73. The summed E-state index contributed by atoms with van der Waals surface area (Å²) in [6.45, 7) is 3.31. The van der Waals surface area contributed by atoms with Crippen LogP contribution in [0, 0.1) is 46.8 Å². The monoisotopic (exact) mass is 564 g/mol. The number of benzene rings is 2. The highest BCUT2D eigenvalue weighted by Crippen LogP contribution is 2.44. The van der Waals surface area contributed by atoms with Crippen LogP contribution in [0.2, 0.25) is 0 Å². The molecule has 3 aliphatic rings. The minimum absolute atomic E-state index is 0.0445. The highest BCUT2D eigenvalue weighted by molar-refractivity contribution is 5.31. The van der Waals surface area contributed by atoms with Crippen LogP contribution < -0.4 is 0 Å². The second-order valence-electron chi connectivity index (χ2n) is 12.3. The minimum atomic E-state index is -1.48. The van der Waals surface area contributed by atoms with Gasteiger partial charge in [0.15, 0.2) is 23.7 Å². The molecule has 3 fully saturated rings. The first-order valence-electron chi connectivity index (χ1n) is 15.2. The molecule has 2 nitrogen and oxygen atoms in total. The summed E-state index contributed by atoms with van der Waals surface area (Å²) in [5.41, 5.74) is 0.780. The molecule has 1 saturated heterocycles. The molecular formula is C33H41F5O2. The van der Waals surface area contributed by atoms with Gasteiger partial charge in [0, 0.05) is 17.0 Å². The van der Waals surface area contributed by atoms with E-state index in [9.17, 15) is 13.2 Å². The molecule has 0 bridgehead atoms. The van der Waals surface area contributed by atoms with Crippen molar-refractivity contribution in [3.05, 3.63) is 70.0 Å². The molecule has 2 aromatic carbocycles. The lowest BCUT2D eigenvalue weighted by atomic mass is 9.74. The van der Waals surface area contributed by atoms with E-state index < -0.39 is 35.4 Å². The Morgan fingerprint density at radius 3 is 1.75 bits per heavy atom. The first-order valence-corrected chi connectivity index (χ1v) is 15.2. The van der Waals surface area contributed by atoms with Crippen molar-refractivity contribution < 1.29 is 31.4 Å². The lowest BCUT2D eigenvalue weighted by Gasteiger charge is -2.38. The highest BCUT2D eigenvalue weighted by atomic mass is 19.2. The summed E-state index contributed by atoms with van der Waals surface area (Å²) in [4.78, 5) is 0. The van der Waals surface area contributed by atoms with Crippen molar-refractivity contribution >= 4 is 0 Å². The largest absolute Gasteiger partial charge is 0.348 e. The first kappa shape index (κ1) is 29.5. The highest BCUT2D eigenvalue weighted by Gasteiger charge is 2.34. The molecule has 2 aromatic rings. The maximum Gasteiger partial charge on any atom is 0.194 e. The SMILES string of the molecule is CCCCCC1CCC(C2COC(c3cc(F)c(C4CCC(c5cc(F)c(F)c(F)c5)CC4)c(F)c3)OC2)CC1. The Bertz CT molecular complexity index is 1080. The standard InChI is InChI=1S/C33H41F5O2/c1-2-3-4-5-20-6-8-22(9-7-20)26-18-39-33(40-19-26)25-16-27(34)31(28(35)17-25)23-12-10-21(11-13-23)24-14-29(36)32(38)30(37)15-24/h14-17,20-23,26,33H,2-13,18-19H2,1H3. The number of unbranched alkanes of at least 4 members (excludes halogenated alkanes) is 2. The summed E-state index contributed by atoms with van der Waals surface area (Å²) in [7, 11) is 0. The Morgan fingerprint density at radius 1 is 0.625 bits per heavy atom. The predicted octanol–water partition coefficient (Wildman–Crippen LogP) is 9.87. The molecule has 7 heteroatoms. The molecular weight excluding hydrogens is 523 g/mol. The average Bonchev–Trinajstić information content (AvgIpc) is 2.96. The van der Waals surface area contributed by atoms with Crippen LogP contribution in [0.5, 0.6) is 0 Å². The minimum Gasteiger partial charge on any atom is -0.348 e. The molecule has 40 heavy (non-hydrogen) atoms. The van der Waals surface area contributed by atoms with Gasteiger partial charge in [-0.25, -0.2) is 22.0 Å². The van der Waals surface area contributed by atoms with Gasteiger partial charge in [0.2, 0.25) is 0 Å². The zero-order chi connectivity index (χ0) is 28.2. The van der Waals surface area contributed by atoms with Crippen LogP contribution in [0.1, 0.15) is 119 Å². The fourth-order valence-corrected chi connectivity index (χ4v) is 7.27. The lowest BCUT2D eigenvalue weighted by molar-refractivity contribution is -0.215. The third-order valence-corrected chi connectivity index (χ3v) is 9.68. The van der Waals surface area contributed by atoms with Crippen LogP contribution in [-0.2, 0) is 9.47 Å². The number of hydrogen-bond acceptors (Lipinski definition) is 2. The molecule has 0 N–H and O–H groups in total. The van der Waals surface area contributed by atoms with E-state index in [0.29, 0.717) is 61.9 Å². The molecule has 0 unspecified atom stereocenters. The summed E-state index contributed by atoms with van der Waals surface area (Å²) in [5.74, 6) is -3.92. The molecule has 1 aliphatic heterocycles. The van der Waals surface area contributed by atoms with Gasteiger partial charge >= 0.3 is 0 Å². The molecule has 0 aromatic heterocycles. The van der Waals surface area contributed by atoms with E-state index in [4.69, 9.17) is 9.47 Å². The van der Waals surface area contributed by atoms with Gasteiger partial charge in [-0.1, -0.05) is 45.4 Å². The summed E-state index contributed by atoms with van der Waals surface area (Å²) in [6, 6.07) is 4.69. The molecule has 220 valence electrons. The summed E-state index contributed by atoms with van der Waals surface area (Å²) >= 11 is 0. The number of ether oxygens (including phenoxy) is 2. The summed E-state index contributed by atoms with van der Waals surface area (Å²) in [6.07, 6.45) is 11.4. The first-order chi connectivity index (χ1) is 19.3. The molecule has 0 amide bonds. The smallest absolute Gasteiger partial charge is 0.194 e. The van der Waals surface area contributed by atoms with Crippen molar-refractivity contribution in [3.8, 4) is 0 Å². The van der Waals surface area contributed by atoms with E-state index in [1.807, 2.05) is 0 Å². The van der Waals surface area contributed by atoms with Crippen molar-refractivity contribution in [1.29, 1.82) is 0 Å². The van der Waals surface area contributed by atoms with E-state index in [1.54, 1.807) is 0 Å². The van der Waals surface area contributed by atoms with Gasteiger partial charge in [0.1, 0.15) is 11.6 Å². The van der Waals surface area contributed by atoms with Crippen molar-refractivity contribution in [1.82, 2.24) is 0 Å². The van der Waals surface area contributed by atoms with Gasteiger partial charge in [-0.05, 0) is 92.0 Å². The predicted molar refractivity (Wildman–Crippen MR) is 144 cm³/mol. The van der Waals surface area contributed by atoms with Crippen LogP contribution in [0.3, 0.4) is 0 Å². The lowest BCUT2D eigenvalue weighted by Crippen LogP contribution is -2.34. The van der Waals surface area contributed by atoms with Crippen LogP contribution in [0.4, 0.5) is 22.0 Å². The Balaban J connectivity index is 1.13. The molecule has 2 aliphatic carbocycles. The van der Waals surface area contributed by atoms with E-state index >= 15 is 8.78 Å². The maximum absolute atomic E-state index is 15.2. The average molecular weight is 565 g/mol. The zero-order valence-corrected chi connectivity index (χ0v) is 23.4. The van der Waals surface area contributed by atoms with Gasteiger partial charge in [0.25, 0.3) is 0 Å². The van der Waals surface area contributed by atoms with E-state index in [2.05, 4.69) is 6.92 Å². The summed E-state index contributed by atoms with van der Waals surface area (Å²) < 4.78 is 83.1. The van der Waals surface area contributed by atoms with Gasteiger partial charge in [-0.15, -0.1) is 0 Å². The van der Waals surface area contributed by atoms with Crippen LogP contribution in [-0.4, -0.2) is 13.2 Å². The molecule has 0 spiro atoms. The fourth-order valence-electron chi connectivity index (χ4n) is 7.27. The van der Waals surface area contributed by atoms with Gasteiger partial charge in [-0.2, -0.15) is 0 Å². The Morgan fingerprint density at radius 2 is 1.18 bits per heavy atom. The second kappa shape index (κ2) is 13.3. The van der Waals surface area contributed by atoms with Crippen molar-refractivity contribution in [2.75, 3.05) is 13.2 Å².